The molecule has 0 aliphatic carbocycles. The van der Waals surface area contributed by atoms with Crippen molar-refractivity contribution >= 4 is 16.1 Å². The molecule has 1 aromatic carbocycles. The molecule has 11 nitrogen and oxygen atoms in total. The first-order valence-corrected chi connectivity index (χ1v) is 13.6. The van der Waals surface area contributed by atoms with Crippen LogP contribution in [0.25, 0.3) is 0 Å². The van der Waals surface area contributed by atoms with Gasteiger partial charge in [0.05, 0.1) is 12.1 Å². The van der Waals surface area contributed by atoms with Gasteiger partial charge in [-0.05, 0) is 24.1 Å². The molecule has 0 bridgehead atoms. The van der Waals surface area contributed by atoms with Crippen molar-refractivity contribution in [1.29, 1.82) is 0 Å². The van der Waals surface area contributed by atoms with Gasteiger partial charge >= 0.3 is 12.2 Å². The molecule has 3 heterocycles. The summed E-state index contributed by atoms with van der Waals surface area (Å²) >= 11 is 0. The quantitative estimate of drug-likeness (QED) is 0.497. The van der Waals surface area contributed by atoms with Crippen molar-refractivity contribution in [1.82, 2.24) is 28.7 Å². The van der Waals surface area contributed by atoms with E-state index in [0.29, 0.717) is 9.87 Å². The Morgan fingerprint density at radius 3 is 2.41 bits per heavy atom. The standard InChI is InChI=1S/C23H30F4N6O5S/c1-22(2,3)20(35)33-21(38-13-14-4-6-15(24)7-5-14)29-19(30-33)17-18(23(25,26)27)32(11-9-28-17)39(36,37)31-10-8-16(34)12-31/h4-7,16-18,28,34H,8-13H2,1-3H3. The Bertz CT molecular complexity index is 1300. The number of hydrogen-bond acceptors (Lipinski definition) is 8. The first-order valence-electron chi connectivity index (χ1n) is 12.2. The number of nitrogens with one attached hydrogen (secondary N) is 1. The number of aliphatic hydroxyl groups is 1. The Balaban J connectivity index is 1.71. The molecule has 0 saturated carbocycles. The molecule has 2 aromatic rings. The molecule has 3 unspecified atom stereocenters. The van der Waals surface area contributed by atoms with Crippen LogP contribution in [0, 0.1) is 11.2 Å². The average Bonchev–Trinajstić information content (AvgIpc) is 3.48. The van der Waals surface area contributed by atoms with Crippen molar-refractivity contribution in [3.8, 4) is 6.01 Å². The molecule has 2 N–H and O–H groups in total. The first-order chi connectivity index (χ1) is 18.1. The number of ether oxygens (including phenoxy) is 1. The Hall–Kier alpha value is -2.66. The van der Waals surface area contributed by atoms with E-state index in [9.17, 15) is 35.9 Å². The third kappa shape index (κ3) is 6.24. The smallest absolute Gasteiger partial charge is 0.407 e. The summed E-state index contributed by atoms with van der Waals surface area (Å²) in [5, 5.41) is 16.5. The van der Waals surface area contributed by atoms with E-state index in [2.05, 4.69) is 15.4 Å². The van der Waals surface area contributed by atoms with Gasteiger partial charge in [-0.1, -0.05) is 32.9 Å². The summed E-state index contributed by atoms with van der Waals surface area (Å²) in [6.07, 6.45) is -5.90. The molecule has 2 aliphatic rings. The number of rotatable bonds is 6. The molecule has 4 rings (SSSR count). The van der Waals surface area contributed by atoms with Gasteiger partial charge in [-0.2, -0.15) is 35.2 Å². The minimum absolute atomic E-state index is 0.112. The Morgan fingerprint density at radius 1 is 1.18 bits per heavy atom. The van der Waals surface area contributed by atoms with Crippen LogP contribution >= 0.6 is 0 Å². The summed E-state index contributed by atoms with van der Waals surface area (Å²) in [5.41, 5.74) is -0.515. The van der Waals surface area contributed by atoms with Crippen molar-refractivity contribution in [2.45, 2.75) is 58.2 Å². The van der Waals surface area contributed by atoms with Crippen molar-refractivity contribution < 1.29 is 40.6 Å². The molecule has 2 fully saturated rings. The fourth-order valence-corrected chi connectivity index (χ4v) is 6.22. The van der Waals surface area contributed by atoms with E-state index in [4.69, 9.17) is 4.74 Å². The lowest BCUT2D eigenvalue weighted by Gasteiger charge is -2.41. The summed E-state index contributed by atoms with van der Waals surface area (Å²) in [5.74, 6) is -1.58. The molecule has 1 aromatic heterocycles. The summed E-state index contributed by atoms with van der Waals surface area (Å²) in [6.45, 7) is 3.50. The topological polar surface area (TPSA) is 130 Å². The summed E-state index contributed by atoms with van der Waals surface area (Å²) in [6, 6.07) is 0.515. The maximum Gasteiger partial charge on any atom is 0.407 e. The number of carbonyl (C=O) groups excluding carboxylic acids is 1. The van der Waals surface area contributed by atoms with E-state index in [1.165, 1.54) is 24.3 Å². The van der Waals surface area contributed by atoms with E-state index in [-0.39, 0.29) is 38.7 Å². The molecule has 0 spiro atoms. The van der Waals surface area contributed by atoms with Gasteiger partial charge in [-0.3, -0.25) is 4.79 Å². The number of benzene rings is 1. The van der Waals surface area contributed by atoms with E-state index in [1.807, 2.05) is 0 Å². The molecular weight excluding hydrogens is 548 g/mol. The SMILES string of the molecule is CC(C)(C)C(=O)n1nc(C2NCCN(S(=O)(=O)N3CCC(O)C3)C2C(F)(F)F)nc1OCc1ccc(F)cc1. The van der Waals surface area contributed by atoms with Crippen LogP contribution in [-0.4, -0.2) is 87.3 Å². The summed E-state index contributed by atoms with van der Waals surface area (Å²) in [7, 11) is -4.61. The number of aromatic nitrogens is 3. The maximum absolute atomic E-state index is 14.5. The van der Waals surface area contributed by atoms with Gasteiger partial charge < -0.3 is 15.2 Å². The molecule has 39 heavy (non-hydrogen) atoms. The Kier molecular flexibility index (Phi) is 8.06. The number of carbonyl (C=O) groups is 1. The summed E-state index contributed by atoms with van der Waals surface area (Å²) in [4.78, 5) is 17.2. The van der Waals surface area contributed by atoms with E-state index < -0.39 is 64.1 Å². The zero-order valence-electron chi connectivity index (χ0n) is 21.5. The zero-order valence-corrected chi connectivity index (χ0v) is 22.3. The molecule has 216 valence electrons. The number of nitrogens with zero attached hydrogens (tertiary/aromatic N) is 5. The zero-order chi connectivity index (χ0) is 28.8. The lowest BCUT2D eigenvalue weighted by Crippen LogP contribution is -2.63. The minimum Gasteiger partial charge on any atom is -0.458 e. The van der Waals surface area contributed by atoms with Crippen LogP contribution in [0.4, 0.5) is 17.6 Å². The molecule has 0 radical (unpaired) electrons. The molecule has 2 aliphatic heterocycles. The molecule has 2 saturated heterocycles. The second-order valence-electron chi connectivity index (χ2n) is 10.5. The Morgan fingerprint density at radius 2 is 1.85 bits per heavy atom. The monoisotopic (exact) mass is 578 g/mol. The molecule has 3 atom stereocenters. The first kappa shape index (κ1) is 29.3. The highest BCUT2D eigenvalue weighted by Crippen LogP contribution is 2.38. The second kappa shape index (κ2) is 10.7. The highest BCUT2D eigenvalue weighted by atomic mass is 32.2. The van der Waals surface area contributed by atoms with Crippen LogP contribution in [0.1, 0.15) is 49.4 Å². The maximum atomic E-state index is 14.5. The van der Waals surface area contributed by atoms with E-state index in [0.717, 1.165) is 8.99 Å². The van der Waals surface area contributed by atoms with Crippen LogP contribution in [0.2, 0.25) is 0 Å². The van der Waals surface area contributed by atoms with Crippen molar-refractivity contribution in [2.75, 3.05) is 26.2 Å². The number of β-amino-alcohol motifs (C(OH)–C–C–N with tert-alkyl or cyclic N) is 1. The van der Waals surface area contributed by atoms with E-state index in [1.54, 1.807) is 20.8 Å². The van der Waals surface area contributed by atoms with Crippen molar-refractivity contribution in [3.63, 3.8) is 0 Å². The van der Waals surface area contributed by atoms with Crippen LogP contribution in [-0.2, 0) is 16.8 Å². The van der Waals surface area contributed by atoms with Crippen LogP contribution < -0.4 is 10.1 Å². The highest BCUT2D eigenvalue weighted by molar-refractivity contribution is 7.86. The van der Waals surface area contributed by atoms with E-state index >= 15 is 0 Å². The van der Waals surface area contributed by atoms with Gasteiger partial charge in [-0.25, -0.2) is 4.39 Å². The third-order valence-corrected chi connectivity index (χ3v) is 8.38. The molecular formula is C23H30F4N6O5S. The van der Waals surface area contributed by atoms with Crippen LogP contribution in [0.5, 0.6) is 6.01 Å². The largest absolute Gasteiger partial charge is 0.458 e. The van der Waals surface area contributed by atoms with Crippen molar-refractivity contribution in [3.05, 3.63) is 41.5 Å². The highest BCUT2D eigenvalue weighted by Gasteiger charge is 2.56. The van der Waals surface area contributed by atoms with Gasteiger partial charge in [0.1, 0.15) is 18.5 Å². The molecule has 16 heteroatoms. The van der Waals surface area contributed by atoms with Gasteiger partial charge in [0.25, 0.3) is 16.1 Å². The normalized spacial score (nSPS) is 23.7. The van der Waals surface area contributed by atoms with Crippen molar-refractivity contribution in [2.24, 2.45) is 5.41 Å². The van der Waals surface area contributed by atoms with Gasteiger partial charge in [-0.15, -0.1) is 9.78 Å². The number of alkyl halides is 3. The van der Waals surface area contributed by atoms with Gasteiger partial charge in [0.15, 0.2) is 5.82 Å². The van der Waals surface area contributed by atoms with Gasteiger partial charge in [0, 0.05) is 31.6 Å². The summed E-state index contributed by atoms with van der Waals surface area (Å²) < 4.78 is 90.7. The Labute approximate surface area is 222 Å². The lowest BCUT2D eigenvalue weighted by atomic mass is 9.96. The average molecular weight is 579 g/mol. The number of aliphatic hydroxyl groups excluding tert-OH is 1. The van der Waals surface area contributed by atoms with Crippen LogP contribution in [0.3, 0.4) is 0 Å². The number of hydrogen-bond donors (Lipinski definition) is 2. The fourth-order valence-electron chi connectivity index (χ4n) is 4.38. The van der Waals surface area contributed by atoms with Crippen LogP contribution in [0.15, 0.2) is 24.3 Å². The number of piperazine rings is 1. The predicted molar refractivity (Wildman–Crippen MR) is 129 cm³/mol. The number of halogens is 4. The fraction of sp³-hybridized carbons (Fsp3) is 0.609. The lowest BCUT2D eigenvalue weighted by molar-refractivity contribution is -0.185. The predicted octanol–water partition coefficient (Wildman–Crippen LogP) is 1.87. The van der Waals surface area contributed by atoms with Gasteiger partial charge in [0.2, 0.25) is 0 Å². The second-order valence-corrected chi connectivity index (χ2v) is 12.4. The third-order valence-electron chi connectivity index (χ3n) is 6.39. The molecule has 0 amide bonds. The minimum atomic E-state index is -5.04.